The number of methoxy groups -OCH3 is 3. The summed E-state index contributed by atoms with van der Waals surface area (Å²) in [7, 11) is 4.59. The van der Waals surface area contributed by atoms with E-state index in [-0.39, 0.29) is 72.5 Å². The van der Waals surface area contributed by atoms with Crippen molar-refractivity contribution in [1.29, 1.82) is 0 Å². The Morgan fingerprint density at radius 3 is 2.25 bits per heavy atom. The van der Waals surface area contributed by atoms with Crippen molar-refractivity contribution in [2.45, 2.75) is 51.2 Å². The molecular weight excluding hydrogens is 781 g/mol. The first-order valence-electron chi connectivity index (χ1n) is 19.3. The number of fused-ring (bicyclic) bond motifs is 2. The Bertz CT molecular complexity index is 2650. The Labute approximate surface area is 342 Å². The van der Waals surface area contributed by atoms with Crippen molar-refractivity contribution in [2.75, 3.05) is 62.4 Å². The van der Waals surface area contributed by atoms with Crippen LogP contribution in [0.4, 0.5) is 37.6 Å². The van der Waals surface area contributed by atoms with Crippen LogP contribution in [0.15, 0.2) is 58.6 Å². The number of pyridine rings is 1. The molecule has 2 aromatic heterocycles. The minimum atomic E-state index is -1.51. The maximum atomic E-state index is 16.6. The molecule has 0 radical (unpaired) electrons. The number of benzene rings is 3. The van der Waals surface area contributed by atoms with Gasteiger partial charge in [0.1, 0.15) is 22.8 Å². The van der Waals surface area contributed by atoms with Gasteiger partial charge in [-0.25, -0.2) is 23.6 Å². The zero-order valence-electron chi connectivity index (χ0n) is 33.5. The van der Waals surface area contributed by atoms with Crippen molar-refractivity contribution in [3.8, 4) is 17.2 Å². The molecule has 5 aromatic rings. The van der Waals surface area contributed by atoms with E-state index in [0.717, 1.165) is 11.8 Å². The topological polar surface area (TPSA) is 204 Å². The molecule has 1 amide bonds. The molecule has 3 aliphatic rings. The van der Waals surface area contributed by atoms with E-state index in [1.54, 1.807) is 28.1 Å². The van der Waals surface area contributed by atoms with E-state index in [4.69, 9.17) is 25.7 Å². The lowest BCUT2D eigenvalue weighted by atomic mass is 10.0. The number of halogens is 2. The highest BCUT2D eigenvalue weighted by Gasteiger charge is 2.40. The molecule has 5 N–H and O–H groups in total. The molecule has 16 nitrogen and oxygen atoms in total. The van der Waals surface area contributed by atoms with Crippen LogP contribution in [-0.4, -0.2) is 95.3 Å². The number of aromatic nitrogens is 3. The van der Waals surface area contributed by atoms with Gasteiger partial charge in [0.15, 0.2) is 23.1 Å². The Morgan fingerprint density at radius 1 is 0.983 bits per heavy atom. The van der Waals surface area contributed by atoms with Gasteiger partial charge < -0.3 is 40.3 Å². The third-order valence-corrected chi connectivity index (χ3v) is 11.4. The molecule has 2 aliphatic heterocycles. The molecule has 3 aromatic carbocycles. The summed E-state index contributed by atoms with van der Waals surface area (Å²) in [5.41, 5.74) is 12.5. The largest absolute Gasteiger partial charge is 0.493 e. The second-order valence-electron chi connectivity index (χ2n) is 15.2. The fourth-order valence-electron chi connectivity index (χ4n) is 8.27. The second kappa shape index (κ2) is 15.4. The number of ether oxygens (including phenoxy) is 3. The van der Waals surface area contributed by atoms with Crippen LogP contribution >= 0.6 is 0 Å². The van der Waals surface area contributed by atoms with Gasteiger partial charge in [0.25, 0.3) is 11.9 Å². The van der Waals surface area contributed by atoms with Gasteiger partial charge >= 0.3 is 5.97 Å². The number of piperazine rings is 1. The number of nitrogens with zero attached hydrogens (tertiary/aromatic N) is 7. The van der Waals surface area contributed by atoms with E-state index in [9.17, 15) is 19.5 Å². The molecule has 2 unspecified atom stereocenters. The fraction of sp³-hybridized carbons (Fsp3) is 0.333. The summed E-state index contributed by atoms with van der Waals surface area (Å²) >= 11 is 0. The smallest absolute Gasteiger partial charge is 0.341 e. The van der Waals surface area contributed by atoms with Gasteiger partial charge in [0, 0.05) is 61.2 Å². The number of anilines is 4. The number of para-hydroxylation sites is 1. The van der Waals surface area contributed by atoms with Crippen LogP contribution < -0.4 is 40.9 Å². The van der Waals surface area contributed by atoms with Crippen molar-refractivity contribution in [2.24, 2.45) is 4.99 Å². The lowest BCUT2D eigenvalue weighted by Crippen LogP contribution is -2.60. The third-order valence-electron chi connectivity index (χ3n) is 11.4. The van der Waals surface area contributed by atoms with Crippen LogP contribution in [-0.2, 0) is 11.2 Å². The number of amides is 1. The van der Waals surface area contributed by atoms with Crippen LogP contribution in [0.2, 0.25) is 0 Å². The number of hydrogen-bond acceptors (Lipinski definition) is 13. The minimum absolute atomic E-state index is 0.00139. The van der Waals surface area contributed by atoms with Gasteiger partial charge in [-0.15, -0.1) is 0 Å². The average molecular weight is 824 g/mol. The van der Waals surface area contributed by atoms with E-state index >= 15 is 8.78 Å². The number of rotatable bonds is 11. The second-order valence-corrected chi connectivity index (χ2v) is 15.2. The van der Waals surface area contributed by atoms with Crippen LogP contribution in [0.5, 0.6) is 17.2 Å². The number of carbonyl (C=O) groups is 2. The molecule has 60 heavy (non-hydrogen) atoms. The molecule has 1 saturated heterocycles. The SMILES string of the molecule is COc1cc(Cc2cnc(/N=C3\C(=O)N(CN4C(C)CN(c5c(F)c(N)c6c(=O)c(C(=O)O)cn(C7CC7)c6c5F)CC4C)c4ccccc43)nc2N)cc(OC)c1OC. The molecule has 2 atom stereocenters. The number of carboxylic acid groups (broad SMARTS) is 1. The first kappa shape index (κ1) is 40.0. The lowest BCUT2D eigenvalue weighted by molar-refractivity contribution is -0.112. The predicted octanol–water partition coefficient (Wildman–Crippen LogP) is 4.91. The van der Waals surface area contributed by atoms with E-state index in [2.05, 4.69) is 19.9 Å². The zero-order valence-corrected chi connectivity index (χ0v) is 33.5. The number of hydrogen-bond donors (Lipinski definition) is 3. The van der Waals surface area contributed by atoms with Gasteiger partial charge in [-0.2, -0.15) is 4.98 Å². The molecular formula is C42H43F2N9O7. The van der Waals surface area contributed by atoms with E-state index in [1.807, 2.05) is 38.1 Å². The van der Waals surface area contributed by atoms with Gasteiger partial charge in [-0.05, 0) is 50.5 Å². The van der Waals surface area contributed by atoms with Crippen LogP contribution in [0.3, 0.4) is 0 Å². The monoisotopic (exact) mass is 823 g/mol. The number of carboxylic acids is 1. The molecule has 1 aliphatic carbocycles. The van der Waals surface area contributed by atoms with E-state index in [0.29, 0.717) is 53.3 Å². The lowest BCUT2D eigenvalue weighted by Gasteiger charge is -2.46. The number of aliphatic imine (C=N–C) groups is 1. The Hall–Kier alpha value is -6.82. The maximum absolute atomic E-state index is 16.6. The molecule has 0 spiro atoms. The maximum Gasteiger partial charge on any atom is 0.341 e. The summed E-state index contributed by atoms with van der Waals surface area (Å²) in [6, 6.07) is 9.91. The summed E-state index contributed by atoms with van der Waals surface area (Å²) in [5.74, 6) is -2.39. The zero-order chi connectivity index (χ0) is 42.7. The van der Waals surface area contributed by atoms with Gasteiger partial charge in [-0.3, -0.25) is 19.4 Å². The number of aromatic carboxylic acids is 1. The third kappa shape index (κ3) is 6.75. The normalized spacial score (nSPS) is 18.6. The van der Waals surface area contributed by atoms with Gasteiger partial charge in [-0.1, -0.05) is 18.2 Å². The number of nitrogen functional groups attached to an aromatic ring is 2. The standard InChI is InChI=1S/C42H43F2N9O7/c1-20-16-50(36-31(43)33(45)30-35(32(36)44)51(24-10-11-24)18-26(37(30)54)41(56)57)17-21(2)52(20)19-53-27-9-7-6-8-25(27)34(40(53)55)48-42-47-15-23(39(46)49-42)12-22-13-28(58-3)38(60-5)29(14-22)59-4/h6-9,13-15,18,20-21,24H,10-12,16-17,19,45H2,1-5H3,(H,56,57)(H2,46,47,49)/b48-34-. The van der Waals surface area contributed by atoms with E-state index < -0.39 is 39.7 Å². The van der Waals surface area contributed by atoms with Gasteiger partial charge in [0.2, 0.25) is 11.2 Å². The Kier molecular flexibility index (Phi) is 10.3. The minimum Gasteiger partial charge on any atom is -0.493 e. The molecule has 312 valence electrons. The van der Waals surface area contributed by atoms with E-state index in [1.165, 1.54) is 25.9 Å². The molecule has 8 rings (SSSR count). The van der Waals surface area contributed by atoms with Crippen molar-refractivity contribution in [3.05, 3.63) is 92.9 Å². The van der Waals surface area contributed by atoms with Crippen LogP contribution in [0.25, 0.3) is 10.9 Å². The van der Waals surface area contributed by atoms with Crippen LogP contribution in [0, 0.1) is 11.6 Å². The highest BCUT2D eigenvalue weighted by molar-refractivity contribution is 6.54. The first-order chi connectivity index (χ1) is 28.8. The number of carbonyl (C=O) groups excluding carboxylic acids is 1. The summed E-state index contributed by atoms with van der Waals surface area (Å²) < 4.78 is 50.6. The van der Waals surface area contributed by atoms with Crippen molar-refractivity contribution in [3.63, 3.8) is 0 Å². The highest BCUT2D eigenvalue weighted by atomic mass is 19.1. The fourth-order valence-corrected chi connectivity index (χ4v) is 8.27. The highest BCUT2D eigenvalue weighted by Crippen LogP contribution is 2.43. The summed E-state index contributed by atoms with van der Waals surface area (Å²) in [4.78, 5) is 57.9. The Morgan fingerprint density at radius 2 is 1.65 bits per heavy atom. The van der Waals surface area contributed by atoms with Gasteiger partial charge in [0.05, 0.1) is 50.3 Å². The van der Waals surface area contributed by atoms with Crippen molar-refractivity contribution >= 4 is 57.3 Å². The summed E-state index contributed by atoms with van der Waals surface area (Å²) in [6.45, 7) is 4.19. The predicted molar refractivity (Wildman–Crippen MR) is 221 cm³/mol. The number of nitrogens with two attached hydrogens (primary N) is 2. The average Bonchev–Trinajstić information content (AvgIpc) is 4.04. The first-order valence-corrected chi connectivity index (χ1v) is 19.3. The molecule has 2 fully saturated rings. The molecule has 4 heterocycles. The quantitative estimate of drug-likeness (QED) is 0.152. The van der Waals surface area contributed by atoms with Crippen molar-refractivity contribution < 1.29 is 37.7 Å². The van der Waals surface area contributed by atoms with Crippen LogP contribution in [0.1, 0.15) is 59.8 Å². The summed E-state index contributed by atoms with van der Waals surface area (Å²) in [6.07, 6.45) is 4.32. The Balaban J connectivity index is 1.04. The molecule has 0 bridgehead atoms. The molecule has 18 heteroatoms. The van der Waals surface area contributed by atoms with Crippen molar-refractivity contribution in [1.82, 2.24) is 19.4 Å². The molecule has 1 saturated carbocycles. The summed E-state index contributed by atoms with van der Waals surface area (Å²) in [5, 5.41) is 9.19.